The van der Waals surface area contributed by atoms with Crippen molar-refractivity contribution in [1.82, 2.24) is 0 Å². The van der Waals surface area contributed by atoms with Crippen molar-refractivity contribution in [2.75, 3.05) is 0 Å². The van der Waals surface area contributed by atoms with Crippen LogP contribution in [0.5, 0.6) is 0 Å². The summed E-state index contributed by atoms with van der Waals surface area (Å²) < 4.78 is 0. The van der Waals surface area contributed by atoms with Gasteiger partial charge in [-0.2, -0.15) is 0 Å². The normalized spacial score (nSPS) is 60.0. The molecule has 6 saturated carbocycles. The van der Waals surface area contributed by atoms with Crippen LogP contribution in [0.1, 0.15) is 131 Å². The molecular formula is C39H58O3. The first-order valence-electron chi connectivity index (χ1n) is 18.2. The maximum Gasteiger partial charge on any atom is 0.156 e. The first kappa shape index (κ1) is 28.5. The van der Waals surface area contributed by atoms with E-state index >= 15 is 0 Å². The topological polar surface area (TPSA) is 57.5 Å². The van der Waals surface area contributed by atoms with E-state index in [9.17, 15) is 15.0 Å². The van der Waals surface area contributed by atoms with Gasteiger partial charge in [0.2, 0.25) is 0 Å². The van der Waals surface area contributed by atoms with E-state index in [1.165, 1.54) is 44.1 Å². The number of carbonyl (C=O) groups excluding carboxylic acids is 1. The second-order valence-corrected chi connectivity index (χ2v) is 18.3. The highest BCUT2D eigenvalue weighted by molar-refractivity contribution is 5.92. The molecule has 0 saturated heterocycles. The zero-order valence-electron chi connectivity index (χ0n) is 27.3. The summed E-state index contributed by atoms with van der Waals surface area (Å²) in [7, 11) is 0. The molecule has 42 heavy (non-hydrogen) atoms. The fourth-order valence-electron chi connectivity index (χ4n) is 14.9. The Kier molecular flexibility index (Phi) is 6.02. The molecule has 0 aromatic heterocycles. The van der Waals surface area contributed by atoms with Gasteiger partial charge in [0.05, 0.1) is 11.2 Å². The zero-order valence-corrected chi connectivity index (χ0v) is 27.3. The number of rotatable bonds is 1. The lowest BCUT2D eigenvalue weighted by molar-refractivity contribution is -0.159. The molecule has 232 valence electrons. The van der Waals surface area contributed by atoms with Gasteiger partial charge in [-0.15, -0.1) is 0 Å². The molecule has 0 heterocycles. The molecule has 6 fully saturated rings. The summed E-state index contributed by atoms with van der Waals surface area (Å²) in [6, 6.07) is 0. The minimum atomic E-state index is -0.879. The van der Waals surface area contributed by atoms with Crippen LogP contribution < -0.4 is 0 Å². The van der Waals surface area contributed by atoms with Gasteiger partial charge in [0.1, 0.15) is 0 Å². The minimum Gasteiger partial charge on any atom is -0.390 e. The summed E-state index contributed by atoms with van der Waals surface area (Å²) in [5.74, 6) is 5.09. The lowest BCUT2D eigenvalue weighted by atomic mass is 9.40. The third-order valence-electron chi connectivity index (χ3n) is 17.5. The van der Waals surface area contributed by atoms with Gasteiger partial charge in [-0.05, 0) is 172 Å². The van der Waals surface area contributed by atoms with Crippen LogP contribution >= 0.6 is 0 Å². The molecule has 14 atom stereocenters. The molecule has 4 unspecified atom stereocenters. The number of aliphatic hydroxyl groups is 2. The molecule has 0 bridgehead atoms. The van der Waals surface area contributed by atoms with Crippen LogP contribution in [-0.4, -0.2) is 27.2 Å². The Morgan fingerprint density at radius 1 is 0.667 bits per heavy atom. The molecule has 8 rings (SSSR count). The maximum absolute atomic E-state index is 13.5. The van der Waals surface area contributed by atoms with Crippen LogP contribution in [-0.2, 0) is 4.79 Å². The Labute approximate surface area is 255 Å². The summed E-state index contributed by atoms with van der Waals surface area (Å²) in [5.41, 5.74) is -0.239. The van der Waals surface area contributed by atoms with E-state index in [0.717, 1.165) is 63.2 Å². The number of allylic oxidation sites excluding steroid dienone is 3. The van der Waals surface area contributed by atoms with Crippen molar-refractivity contribution in [1.29, 1.82) is 0 Å². The van der Waals surface area contributed by atoms with Gasteiger partial charge < -0.3 is 10.2 Å². The Morgan fingerprint density at radius 3 is 2.07 bits per heavy atom. The molecule has 3 nitrogen and oxygen atoms in total. The van der Waals surface area contributed by atoms with E-state index in [4.69, 9.17) is 0 Å². The molecular weight excluding hydrogens is 516 g/mol. The molecule has 0 aromatic rings. The van der Waals surface area contributed by atoms with Crippen LogP contribution in [0.4, 0.5) is 0 Å². The quantitative estimate of drug-likeness (QED) is 0.309. The van der Waals surface area contributed by atoms with Crippen LogP contribution in [0.25, 0.3) is 0 Å². The van der Waals surface area contributed by atoms with Crippen LogP contribution in [0.2, 0.25) is 0 Å². The third kappa shape index (κ3) is 3.30. The minimum absolute atomic E-state index is 0.00599. The van der Waals surface area contributed by atoms with Crippen molar-refractivity contribution in [2.45, 2.75) is 142 Å². The summed E-state index contributed by atoms with van der Waals surface area (Å²) in [6.07, 6.45) is 23.8. The number of fused-ring (bicyclic) bond motifs is 10. The largest absolute Gasteiger partial charge is 0.390 e. The Balaban J connectivity index is 1.16. The molecule has 0 amide bonds. The number of hydrogen-bond acceptors (Lipinski definition) is 3. The van der Waals surface area contributed by atoms with E-state index < -0.39 is 11.2 Å². The van der Waals surface area contributed by atoms with Crippen LogP contribution in [0.15, 0.2) is 23.8 Å². The highest BCUT2D eigenvalue weighted by Gasteiger charge is 2.70. The molecule has 8 aliphatic rings. The summed E-state index contributed by atoms with van der Waals surface area (Å²) in [5, 5.41) is 24.8. The SMILES string of the molecule is CC1(O)CC[C@H]2[C@@H]3CCC4CC(=O)C=C(C5(O)CC[C@H]6[C@@H]7CCC8CCC=C[C@]8(C)[C@@H]7CC[C@@]65C)[C@]4(C)[C@@H]3CC[C@@]21C. The predicted molar refractivity (Wildman–Crippen MR) is 167 cm³/mol. The number of carbonyl (C=O) groups is 1. The van der Waals surface area contributed by atoms with Gasteiger partial charge in [0, 0.05) is 11.8 Å². The molecule has 8 aliphatic carbocycles. The van der Waals surface area contributed by atoms with Crippen LogP contribution in [0, 0.1) is 69.0 Å². The molecule has 0 spiro atoms. The van der Waals surface area contributed by atoms with Crippen LogP contribution in [0.3, 0.4) is 0 Å². The van der Waals surface area contributed by atoms with Crippen molar-refractivity contribution in [3.63, 3.8) is 0 Å². The second-order valence-electron chi connectivity index (χ2n) is 18.3. The van der Waals surface area contributed by atoms with Crippen molar-refractivity contribution in [3.8, 4) is 0 Å². The lowest BCUT2D eigenvalue weighted by Gasteiger charge is -2.65. The first-order chi connectivity index (χ1) is 19.8. The predicted octanol–water partition coefficient (Wildman–Crippen LogP) is 8.44. The summed E-state index contributed by atoms with van der Waals surface area (Å²) in [4.78, 5) is 13.5. The van der Waals surface area contributed by atoms with Crippen molar-refractivity contribution >= 4 is 5.78 Å². The van der Waals surface area contributed by atoms with Crippen molar-refractivity contribution in [2.24, 2.45) is 69.0 Å². The van der Waals surface area contributed by atoms with E-state index in [1.807, 2.05) is 6.08 Å². The molecule has 0 radical (unpaired) electrons. The number of ketones is 1. The van der Waals surface area contributed by atoms with Gasteiger partial charge in [-0.3, -0.25) is 4.79 Å². The van der Waals surface area contributed by atoms with Gasteiger partial charge in [-0.25, -0.2) is 0 Å². The second kappa shape index (κ2) is 8.86. The highest BCUT2D eigenvalue weighted by Crippen LogP contribution is 2.74. The third-order valence-corrected chi connectivity index (χ3v) is 17.5. The van der Waals surface area contributed by atoms with Crippen molar-refractivity contribution < 1.29 is 15.0 Å². The Hall–Kier alpha value is -0.930. The van der Waals surface area contributed by atoms with E-state index in [2.05, 4.69) is 46.8 Å². The summed E-state index contributed by atoms with van der Waals surface area (Å²) in [6.45, 7) is 12.0. The average molecular weight is 575 g/mol. The van der Waals surface area contributed by atoms with Crippen molar-refractivity contribution in [3.05, 3.63) is 23.8 Å². The Morgan fingerprint density at radius 2 is 1.29 bits per heavy atom. The molecule has 3 heteroatoms. The molecule has 2 N–H and O–H groups in total. The summed E-state index contributed by atoms with van der Waals surface area (Å²) >= 11 is 0. The van der Waals surface area contributed by atoms with E-state index in [-0.39, 0.29) is 22.0 Å². The van der Waals surface area contributed by atoms with E-state index in [1.54, 1.807) is 0 Å². The zero-order chi connectivity index (χ0) is 29.5. The number of hydrogen-bond donors (Lipinski definition) is 2. The smallest absolute Gasteiger partial charge is 0.156 e. The first-order valence-corrected chi connectivity index (χ1v) is 18.2. The Bertz CT molecular complexity index is 1230. The fraction of sp³-hybridized carbons (Fsp3) is 0.872. The van der Waals surface area contributed by atoms with Gasteiger partial charge >= 0.3 is 0 Å². The van der Waals surface area contributed by atoms with Gasteiger partial charge in [0.15, 0.2) is 5.78 Å². The lowest BCUT2D eigenvalue weighted by Crippen LogP contribution is -2.62. The molecule has 0 aromatic carbocycles. The molecule has 0 aliphatic heterocycles. The maximum atomic E-state index is 13.5. The monoisotopic (exact) mass is 574 g/mol. The fourth-order valence-corrected chi connectivity index (χ4v) is 14.9. The highest BCUT2D eigenvalue weighted by atomic mass is 16.3. The average Bonchev–Trinajstić information content (AvgIpc) is 3.37. The standard InChI is InChI=1S/C39H58O3/c1-34-17-7-6-8-24(34)9-11-27-29(34)13-19-36(3)31(27)16-21-39(36,42)33-23-26(40)22-25-10-12-28-30-15-20-37(4,41)35(30,2)18-14-32(28)38(25,33)5/h7,17,23-25,27-32,41-42H,6,8-16,18-22H2,1-5H3/t24?,25?,27-,28+,29-,30+,31+,32-,34+,35+,36+,37?,38+,39?/m1/s1. The van der Waals surface area contributed by atoms with Gasteiger partial charge in [-0.1, -0.05) is 39.8 Å². The van der Waals surface area contributed by atoms with Gasteiger partial charge in [0.25, 0.3) is 0 Å². The van der Waals surface area contributed by atoms with E-state index in [0.29, 0.717) is 47.3 Å².